The van der Waals surface area contributed by atoms with Crippen LogP contribution in [-0.4, -0.2) is 51.5 Å². The van der Waals surface area contributed by atoms with E-state index < -0.39 is 17.6 Å². The van der Waals surface area contributed by atoms with Crippen LogP contribution in [0.2, 0.25) is 0 Å². The van der Waals surface area contributed by atoms with Gasteiger partial charge in [-0.2, -0.15) is 18.3 Å². The number of hydrogen-bond acceptors (Lipinski definition) is 8. The maximum Gasteiger partial charge on any atom is 0.434 e. The minimum absolute atomic E-state index is 0.188. The van der Waals surface area contributed by atoms with Crippen LogP contribution in [0.5, 0.6) is 5.88 Å². The molecule has 40 heavy (non-hydrogen) atoms. The highest BCUT2D eigenvalue weighted by Crippen LogP contribution is 2.45. The highest BCUT2D eigenvalue weighted by Gasteiger charge is 2.35. The zero-order valence-corrected chi connectivity index (χ0v) is 21.9. The molecule has 13 heteroatoms. The Bertz CT molecular complexity index is 1710. The number of alkyl halides is 3. The highest BCUT2D eigenvalue weighted by atomic mass is 19.4. The number of methoxy groups -OCH3 is 1. The molecule has 0 saturated heterocycles. The van der Waals surface area contributed by atoms with E-state index >= 15 is 0 Å². The quantitative estimate of drug-likeness (QED) is 0.308. The van der Waals surface area contributed by atoms with Gasteiger partial charge in [-0.05, 0) is 26.7 Å². The minimum Gasteiger partial charge on any atom is -0.480 e. The second-order valence-electron chi connectivity index (χ2n) is 9.78. The molecule has 0 amide bonds. The van der Waals surface area contributed by atoms with Crippen molar-refractivity contribution in [3.05, 3.63) is 66.1 Å². The molecule has 1 N–H and O–H groups in total. The van der Waals surface area contributed by atoms with Crippen molar-refractivity contribution in [3.63, 3.8) is 0 Å². The zero-order valence-electron chi connectivity index (χ0n) is 21.9. The van der Waals surface area contributed by atoms with E-state index in [1.807, 2.05) is 0 Å². The van der Waals surface area contributed by atoms with E-state index in [1.54, 1.807) is 50.5 Å². The highest BCUT2D eigenvalue weighted by molar-refractivity contribution is 5.78. The Labute approximate surface area is 226 Å². The van der Waals surface area contributed by atoms with Crippen molar-refractivity contribution in [1.82, 2.24) is 39.3 Å². The number of aliphatic hydroxyl groups is 1. The van der Waals surface area contributed by atoms with Gasteiger partial charge in [-0.15, -0.1) is 0 Å². The first-order chi connectivity index (χ1) is 19.1. The molecule has 0 spiro atoms. The lowest BCUT2D eigenvalue weighted by molar-refractivity contribution is -0.140. The number of hydrogen-bond donors (Lipinski definition) is 1. The van der Waals surface area contributed by atoms with Gasteiger partial charge in [0.2, 0.25) is 5.88 Å². The molecule has 4 aromatic heterocycles. The van der Waals surface area contributed by atoms with Gasteiger partial charge in [0.1, 0.15) is 17.7 Å². The summed E-state index contributed by atoms with van der Waals surface area (Å²) in [5, 5.41) is 16.6. The summed E-state index contributed by atoms with van der Waals surface area (Å²) < 4.78 is 48.0. The molecule has 1 unspecified atom stereocenters. The normalized spacial score (nSPS) is 15.4. The SMILES string of the molecule is CCn1cc(C(F)(F)F)nc1-c1ccc(C(C)(O)n2ncc3cnc(-c4c(OC)ncnc4C4CC4)nc32)cc1. The van der Waals surface area contributed by atoms with Crippen LogP contribution in [0.15, 0.2) is 49.2 Å². The van der Waals surface area contributed by atoms with E-state index in [2.05, 4.69) is 25.0 Å². The third kappa shape index (κ3) is 4.35. The van der Waals surface area contributed by atoms with Gasteiger partial charge >= 0.3 is 6.18 Å². The summed E-state index contributed by atoms with van der Waals surface area (Å²) in [4.78, 5) is 21.7. The monoisotopic (exact) mass is 550 g/mol. The van der Waals surface area contributed by atoms with Crippen LogP contribution in [0.3, 0.4) is 0 Å². The third-order valence-electron chi connectivity index (χ3n) is 7.04. The number of rotatable bonds is 7. The van der Waals surface area contributed by atoms with E-state index in [4.69, 9.17) is 9.72 Å². The Balaban J connectivity index is 1.39. The van der Waals surface area contributed by atoms with E-state index in [0.717, 1.165) is 24.7 Å². The third-order valence-corrected chi connectivity index (χ3v) is 7.04. The largest absolute Gasteiger partial charge is 0.480 e. The summed E-state index contributed by atoms with van der Waals surface area (Å²) in [5.41, 5.74) is 0.128. The summed E-state index contributed by atoms with van der Waals surface area (Å²) >= 11 is 0. The molecule has 5 aromatic rings. The van der Waals surface area contributed by atoms with Crippen LogP contribution < -0.4 is 4.74 Å². The van der Waals surface area contributed by atoms with Gasteiger partial charge in [-0.25, -0.2) is 29.6 Å². The molecule has 1 saturated carbocycles. The molecule has 1 atom stereocenters. The molecule has 1 aliphatic carbocycles. The number of aryl methyl sites for hydroxylation is 1. The van der Waals surface area contributed by atoms with Crippen LogP contribution in [0.1, 0.15) is 49.6 Å². The smallest absolute Gasteiger partial charge is 0.434 e. The molecule has 1 aromatic carbocycles. The number of aromatic nitrogens is 8. The average Bonchev–Trinajstić information content (AvgIpc) is 3.54. The first kappa shape index (κ1) is 25.9. The van der Waals surface area contributed by atoms with Crippen molar-refractivity contribution in [3.8, 4) is 28.7 Å². The Kier molecular flexibility index (Phi) is 6.06. The maximum atomic E-state index is 13.2. The van der Waals surface area contributed by atoms with Gasteiger partial charge in [-0.3, -0.25) is 0 Å². The molecule has 0 radical (unpaired) electrons. The molecule has 6 rings (SSSR count). The van der Waals surface area contributed by atoms with Gasteiger partial charge in [0, 0.05) is 36.0 Å². The molecular weight excluding hydrogens is 525 g/mol. The van der Waals surface area contributed by atoms with Crippen LogP contribution in [-0.2, 0) is 18.4 Å². The summed E-state index contributed by atoms with van der Waals surface area (Å²) in [6.07, 6.45) is 3.10. The van der Waals surface area contributed by atoms with E-state index in [0.29, 0.717) is 46.0 Å². The lowest BCUT2D eigenvalue weighted by Gasteiger charge is -2.25. The molecule has 1 aliphatic rings. The number of ether oxygens (including phenoxy) is 1. The Morgan fingerprint density at radius 1 is 1.05 bits per heavy atom. The maximum absolute atomic E-state index is 13.2. The molecule has 4 heterocycles. The number of nitrogens with zero attached hydrogens (tertiary/aromatic N) is 8. The van der Waals surface area contributed by atoms with E-state index in [9.17, 15) is 18.3 Å². The minimum atomic E-state index is -4.55. The number of imidazole rings is 1. The summed E-state index contributed by atoms with van der Waals surface area (Å²) in [5.74, 6) is 1.19. The molecule has 1 fully saturated rings. The molecule has 10 nitrogen and oxygen atoms in total. The lowest BCUT2D eigenvalue weighted by Crippen LogP contribution is -2.32. The zero-order chi connectivity index (χ0) is 28.2. The molecule has 206 valence electrons. The van der Waals surface area contributed by atoms with Gasteiger partial charge in [-0.1, -0.05) is 24.3 Å². The first-order valence-electron chi connectivity index (χ1n) is 12.7. The predicted octanol–water partition coefficient (Wildman–Crippen LogP) is 4.78. The summed E-state index contributed by atoms with van der Waals surface area (Å²) in [7, 11) is 1.52. The van der Waals surface area contributed by atoms with Crippen molar-refractivity contribution < 1.29 is 23.0 Å². The Morgan fingerprint density at radius 3 is 2.45 bits per heavy atom. The van der Waals surface area contributed by atoms with E-state index in [1.165, 1.54) is 22.7 Å². The van der Waals surface area contributed by atoms with Crippen LogP contribution in [0, 0.1) is 0 Å². The molecule has 0 bridgehead atoms. The van der Waals surface area contributed by atoms with Gasteiger partial charge in [0.15, 0.2) is 22.9 Å². The van der Waals surface area contributed by atoms with Gasteiger partial charge in [0.25, 0.3) is 0 Å². The average molecular weight is 551 g/mol. The van der Waals surface area contributed by atoms with Crippen LogP contribution in [0.4, 0.5) is 13.2 Å². The number of halogens is 3. The summed E-state index contributed by atoms with van der Waals surface area (Å²) in [6.45, 7) is 3.62. The number of benzene rings is 1. The Morgan fingerprint density at radius 2 is 1.80 bits per heavy atom. The van der Waals surface area contributed by atoms with Crippen LogP contribution >= 0.6 is 0 Å². The fourth-order valence-electron chi connectivity index (χ4n) is 4.75. The first-order valence-corrected chi connectivity index (χ1v) is 12.7. The van der Waals surface area contributed by atoms with E-state index in [-0.39, 0.29) is 11.7 Å². The predicted molar refractivity (Wildman–Crippen MR) is 138 cm³/mol. The lowest BCUT2D eigenvalue weighted by atomic mass is 10.0. The van der Waals surface area contributed by atoms with Gasteiger partial charge in [0.05, 0.1) is 24.4 Å². The fraction of sp³-hybridized carbons (Fsp3) is 0.333. The topological polar surface area (TPSA) is 117 Å². The van der Waals surface area contributed by atoms with Crippen molar-refractivity contribution in [2.45, 2.75) is 51.1 Å². The van der Waals surface area contributed by atoms with Crippen molar-refractivity contribution >= 4 is 11.0 Å². The second kappa shape index (κ2) is 9.37. The molecular formula is C27H25F3N8O2. The van der Waals surface area contributed by atoms with Crippen molar-refractivity contribution in [2.24, 2.45) is 0 Å². The van der Waals surface area contributed by atoms with Gasteiger partial charge < -0.3 is 14.4 Å². The van der Waals surface area contributed by atoms with Crippen molar-refractivity contribution in [2.75, 3.05) is 7.11 Å². The standard InChI is InChI=1S/C27H25F3N8O2/c1-4-37-13-19(27(28,29)30)35-23(37)16-7-9-18(10-8-16)26(2,39)38-24-17(12-34-38)11-31-22(36-24)20-21(15-5-6-15)32-14-33-25(20)40-3/h7-15,39H,4-6H2,1-3H3. The number of fused-ring (bicyclic) bond motifs is 1. The summed E-state index contributed by atoms with van der Waals surface area (Å²) in [6, 6.07) is 6.51. The Hall–Kier alpha value is -4.39. The fourth-order valence-corrected chi connectivity index (χ4v) is 4.75. The van der Waals surface area contributed by atoms with Crippen LogP contribution in [0.25, 0.3) is 33.8 Å². The molecule has 0 aliphatic heterocycles. The van der Waals surface area contributed by atoms with Crippen molar-refractivity contribution in [1.29, 1.82) is 0 Å². The second-order valence-corrected chi connectivity index (χ2v) is 9.78.